The summed E-state index contributed by atoms with van der Waals surface area (Å²) in [6.07, 6.45) is 1.34. The van der Waals surface area contributed by atoms with Gasteiger partial charge in [0.25, 0.3) is 5.91 Å². The molecule has 0 atom stereocenters. The first-order valence-corrected chi connectivity index (χ1v) is 7.86. The molecule has 2 aromatic carbocycles. The summed E-state index contributed by atoms with van der Waals surface area (Å²) in [5, 5.41) is 5.21. The Labute approximate surface area is 149 Å². The minimum absolute atomic E-state index is 0.0680. The summed E-state index contributed by atoms with van der Waals surface area (Å²) in [5.74, 6) is -2.09. The SMILES string of the molecule is Cc1cc(C)cc(NC(=O)c2ccnc(Nc3c(F)cccc3F)n2)c1. The highest BCUT2D eigenvalue weighted by molar-refractivity contribution is 6.03. The molecule has 1 amide bonds. The molecule has 0 bridgehead atoms. The Kier molecular flexibility index (Phi) is 4.88. The van der Waals surface area contributed by atoms with Crippen molar-refractivity contribution < 1.29 is 13.6 Å². The van der Waals surface area contributed by atoms with Crippen molar-refractivity contribution in [3.8, 4) is 0 Å². The summed E-state index contributed by atoms with van der Waals surface area (Å²) in [6.45, 7) is 3.86. The highest BCUT2D eigenvalue weighted by Crippen LogP contribution is 2.21. The zero-order chi connectivity index (χ0) is 18.7. The lowest BCUT2D eigenvalue weighted by Crippen LogP contribution is -2.15. The van der Waals surface area contributed by atoms with Crippen molar-refractivity contribution in [3.05, 3.63) is 77.1 Å². The van der Waals surface area contributed by atoms with Gasteiger partial charge < -0.3 is 10.6 Å². The van der Waals surface area contributed by atoms with Crippen molar-refractivity contribution in [1.29, 1.82) is 0 Å². The van der Waals surface area contributed by atoms with Crippen molar-refractivity contribution in [1.82, 2.24) is 9.97 Å². The van der Waals surface area contributed by atoms with Crippen molar-refractivity contribution in [2.75, 3.05) is 10.6 Å². The third kappa shape index (κ3) is 4.00. The number of aromatic nitrogens is 2. The fourth-order valence-electron chi connectivity index (χ4n) is 2.52. The molecule has 5 nitrogen and oxygen atoms in total. The molecule has 0 aliphatic heterocycles. The standard InChI is InChI=1S/C19H16F2N4O/c1-11-8-12(2)10-13(9-11)23-18(26)16-6-7-22-19(24-16)25-17-14(20)4-3-5-15(17)21/h3-10H,1-2H3,(H,23,26)(H,22,24,25). The Morgan fingerprint density at radius 2 is 1.65 bits per heavy atom. The van der Waals surface area contributed by atoms with Crippen LogP contribution in [0.1, 0.15) is 21.6 Å². The monoisotopic (exact) mass is 354 g/mol. The Morgan fingerprint density at radius 1 is 1.00 bits per heavy atom. The molecular formula is C19H16F2N4O. The molecule has 3 aromatic rings. The number of benzene rings is 2. The summed E-state index contributed by atoms with van der Waals surface area (Å²) < 4.78 is 27.4. The molecular weight excluding hydrogens is 338 g/mol. The number of carbonyl (C=O) groups is 1. The third-order valence-electron chi connectivity index (χ3n) is 3.57. The first-order chi connectivity index (χ1) is 12.4. The normalized spacial score (nSPS) is 10.5. The molecule has 0 saturated heterocycles. The number of anilines is 3. The number of aryl methyl sites for hydroxylation is 2. The summed E-state index contributed by atoms with van der Waals surface area (Å²) in [7, 11) is 0. The second-order valence-corrected chi connectivity index (χ2v) is 5.82. The van der Waals surface area contributed by atoms with E-state index in [0.717, 1.165) is 23.3 Å². The Hall–Kier alpha value is -3.35. The summed E-state index contributed by atoms with van der Waals surface area (Å²) >= 11 is 0. The molecule has 0 radical (unpaired) electrons. The maximum Gasteiger partial charge on any atom is 0.274 e. The van der Waals surface area contributed by atoms with Gasteiger partial charge in [-0.2, -0.15) is 0 Å². The Bertz CT molecular complexity index is 935. The molecule has 2 N–H and O–H groups in total. The predicted molar refractivity (Wildman–Crippen MR) is 95.5 cm³/mol. The number of nitrogens with one attached hydrogen (secondary N) is 2. The summed E-state index contributed by atoms with van der Waals surface area (Å²) in [4.78, 5) is 20.3. The Morgan fingerprint density at radius 3 is 2.31 bits per heavy atom. The number of halogens is 2. The van der Waals surface area contributed by atoms with E-state index in [1.807, 2.05) is 32.0 Å². The van der Waals surface area contributed by atoms with E-state index in [-0.39, 0.29) is 17.3 Å². The number of amides is 1. The predicted octanol–water partition coefficient (Wildman–Crippen LogP) is 4.37. The molecule has 132 valence electrons. The van der Waals surface area contributed by atoms with E-state index in [2.05, 4.69) is 20.6 Å². The molecule has 0 saturated carbocycles. The molecule has 0 unspecified atom stereocenters. The quantitative estimate of drug-likeness (QED) is 0.730. The van der Waals surface area contributed by atoms with Crippen molar-refractivity contribution in [2.24, 2.45) is 0 Å². The number of carbonyl (C=O) groups excluding carboxylic acids is 1. The second kappa shape index (κ2) is 7.26. The number of para-hydroxylation sites is 1. The zero-order valence-electron chi connectivity index (χ0n) is 14.2. The van der Waals surface area contributed by atoms with Gasteiger partial charge in [0.1, 0.15) is 23.0 Å². The molecule has 0 spiro atoms. The average Bonchev–Trinajstić information content (AvgIpc) is 2.57. The van der Waals surface area contributed by atoms with Gasteiger partial charge in [-0.05, 0) is 55.3 Å². The average molecular weight is 354 g/mol. The van der Waals surface area contributed by atoms with Crippen LogP contribution in [0.25, 0.3) is 0 Å². The van der Waals surface area contributed by atoms with E-state index < -0.39 is 17.5 Å². The molecule has 7 heteroatoms. The first kappa shape index (κ1) is 17.5. The smallest absolute Gasteiger partial charge is 0.274 e. The molecule has 26 heavy (non-hydrogen) atoms. The zero-order valence-corrected chi connectivity index (χ0v) is 14.2. The van der Waals surface area contributed by atoms with E-state index in [9.17, 15) is 13.6 Å². The van der Waals surface area contributed by atoms with Crippen molar-refractivity contribution in [2.45, 2.75) is 13.8 Å². The van der Waals surface area contributed by atoms with Gasteiger partial charge in [-0.25, -0.2) is 18.7 Å². The minimum Gasteiger partial charge on any atom is -0.321 e. The largest absolute Gasteiger partial charge is 0.321 e. The van der Waals surface area contributed by atoms with Crippen LogP contribution >= 0.6 is 0 Å². The Balaban J connectivity index is 1.81. The second-order valence-electron chi connectivity index (χ2n) is 5.82. The lowest BCUT2D eigenvalue weighted by atomic mass is 10.1. The summed E-state index contributed by atoms with van der Waals surface area (Å²) in [5.41, 5.74) is 2.36. The maximum absolute atomic E-state index is 13.7. The number of nitrogens with zero attached hydrogens (tertiary/aromatic N) is 2. The van der Waals surface area contributed by atoms with Gasteiger partial charge in [0, 0.05) is 11.9 Å². The van der Waals surface area contributed by atoms with Crippen LogP contribution in [-0.2, 0) is 0 Å². The van der Waals surface area contributed by atoms with Gasteiger partial charge in [-0.1, -0.05) is 12.1 Å². The number of hydrogen-bond donors (Lipinski definition) is 2. The van der Waals surface area contributed by atoms with Crippen LogP contribution in [0.2, 0.25) is 0 Å². The van der Waals surface area contributed by atoms with Crippen molar-refractivity contribution >= 4 is 23.2 Å². The fourth-order valence-corrected chi connectivity index (χ4v) is 2.52. The molecule has 0 fully saturated rings. The van der Waals surface area contributed by atoms with Crippen LogP contribution in [0.5, 0.6) is 0 Å². The van der Waals surface area contributed by atoms with E-state index in [4.69, 9.17) is 0 Å². The van der Waals surface area contributed by atoms with E-state index in [1.54, 1.807) is 0 Å². The summed E-state index contributed by atoms with van der Waals surface area (Å²) in [6, 6.07) is 10.6. The van der Waals surface area contributed by atoms with Gasteiger partial charge in [0.15, 0.2) is 0 Å². The van der Waals surface area contributed by atoms with Gasteiger partial charge in [-0.15, -0.1) is 0 Å². The fraction of sp³-hybridized carbons (Fsp3) is 0.105. The van der Waals surface area contributed by atoms with Gasteiger partial charge in [0.2, 0.25) is 5.95 Å². The maximum atomic E-state index is 13.7. The number of rotatable bonds is 4. The van der Waals surface area contributed by atoms with Gasteiger partial charge in [-0.3, -0.25) is 4.79 Å². The molecule has 1 aromatic heterocycles. The topological polar surface area (TPSA) is 66.9 Å². The molecule has 1 heterocycles. The van der Waals surface area contributed by atoms with E-state index in [0.29, 0.717) is 5.69 Å². The van der Waals surface area contributed by atoms with Gasteiger partial charge in [0.05, 0.1) is 0 Å². The lowest BCUT2D eigenvalue weighted by molar-refractivity contribution is 0.102. The highest BCUT2D eigenvalue weighted by Gasteiger charge is 2.13. The van der Waals surface area contributed by atoms with Crippen LogP contribution in [0.4, 0.5) is 26.1 Å². The highest BCUT2D eigenvalue weighted by atomic mass is 19.1. The molecule has 0 aliphatic carbocycles. The van der Waals surface area contributed by atoms with Crippen LogP contribution in [-0.4, -0.2) is 15.9 Å². The minimum atomic E-state index is -0.779. The third-order valence-corrected chi connectivity index (χ3v) is 3.57. The van der Waals surface area contributed by atoms with Crippen molar-refractivity contribution in [3.63, 3.8) is 0 Å². The molecule has 0 aliphatic rings. The van der Waals surface area contributed by atoms with E-state index in [1.165, 1.54) is 18.3 Å². The van der Waals surface area contributed by atoms with Crippen LogP contribution in [0, 0.1) is 25.5 Å². The van der Waals surface area contributed by atoms with E-state index >= 15 is 0 Å². The van der Waals surface area contributed by atoms with Gasteiger partial charge >= 0.3 is 0 Å². The number of hydrogen-bond acceptors (Lipinski definition) is 4. The first-order valence-electron chi connectivity index (χ1n) is 7.86. The van der Waals surface area contributed by atoms with Crippen LogP contribution in [0.15, 0.2) is 48.7 Å². The van der Waals surface area contributed by atoms with Crippen LogP contribution < -0.4 is 10.6 Å². The molecule has 3 rings (SSSR count). The van der Waals surface area contributed by atoms with Crippen LogP contribution in [0.3, 0.4) is 0 Å². The lowest BCUT2D eigenvalue weighted by Gasteiger charge is -2.09.